The molecule has 20 atom stereocenters. The molecule has 0 aromatic carbocycles. The summed E-state index contributed by atoms with van der Waals surface area (Å²) in [5.74, 6) is -0.0540. The molecule has 0 radical (unpaired) electrons. The molecule has 8 rings (SSSR count). The number of aliphatic hydroxyl groups is 8. The van der Waals surface area contributed by atoms with Crippen LogP contribution in [-0.4, -0.2) is 139 Å². The van der Waals surface area contributed by atoms with Gasteiger partial charge in [0.2, 0.25) is 0 Å². The Labute approximate surface area is 313 Å². The van der Waals surface area contributed by atoms with Gasteiger partial charge in [-0.25, -0.2) is 0 Å². The van der Waals surface area contributed by atoms with Crippen LogP contribution in [0.25, 0.3) is 0 Å². The number of fused-ring (bicyclic) bond motifs is 2. The van der Waals surface area contributed by atoms with Crippen molar-refractivity contribution in [2.24, 2.45) is 44.8 Å². The van der Waals surface area contributed by atoms with Gasteiger partial charge in [-0.2, -0.15) is 0 Å². The predicted molar refractivity (Wildman–Crippen MR) is 188 cm³/mol. The van der Waals surface area contributed by atoms with Crippen LogP contribution in [0, 0.1) is 44.8 Å². The lowest BCUT2D eigenvalue weighted by atomic mass is 9.41. The van der Waals surface area contributed by atoms with E-state index < -0.39 is 84.1 Å². The van der Waals surface area contributed by atoms with Gasteiger partial charge < -0.3 is 64.5 Å². The molecule has 3 aliphatic heterocycles. The highest BCUT2D eigenvalue weighted by atomic mass is 16.7. The van der Waals surface area contributed by atoms with Gasteiger partial charge in [0, 0.05) is 5.92 Å². The van der Waals surface area contributed by atoms with Crippen LogP contribution in [-0.2, 0) is 23.7 Å². The summed E-state index contributed by atoms with van der Waals surface area (Å²) in [5, 5.41) is 86.4. The second-order valence-corrected chi connectivity index (χ2v) is 20.6. The van der Waals surface area contributed by atoms with Crippen molar-refractivity contribution in [3.8, 4) is 0 Å². The van der Waals surface area contributed by atoms with E-state index >= 15 is 0 Å². The summed E-state index contributed by atoms with van der Waals surface area (Å²) >= 11 is 0. The van der Waals surface area contributed by atoms with Crippen LogP contribution in [0.15, 0.2) is 0 Å². The lowest BCUT2D eigenvalue weighted by Crippen LogP contribution is -2.64. The third-order valence-corrected chi connectivity index (χ3v) is 17.2. The molecule has 3 saturated heterocycles. The molecule has 0 aromatic rings. The molecule has 0 unspecified atom stereocenters. The minimum absolute atomic E-state index is 0.0153. The smallest absolute Gasteiger partial charge is 0.186 e. The van der Waals surface area contributed by atoms with Crippen LogP contribution in [0.4, 0.5) is 0 Å². The van der Waals surface area contributed by atoms with Crippen LogP contribution in [0.3, 0.4) is 0 Å². The summed E-state index contributed by atoms with van der Waals surface area (Å²) in [4.78, 5) is 0. The molecule has 304 valence electrons. The van der Waals surface area contributed by atoms with Gasteiger partial charge in [0.15, 0.2) is 12.6 Å². The lowest BCUT2D eigenvalue weighted by Gasteiger charge is -2.65. The Bertz CT molecular complexity index is 1410. The van der Waals surface area contributed by atoms with Crippen LogP contribution in [0.2, 0.25) is 0 Å². The average molecular weight is 755 g/mol. The molecule has 13 nitrogen and oxygen atoms in total. The minimum Gasteiger partial charge on any atom is -0.393 e. The molecule has 0 aromatic heterocycles. The van der Waals surface area contributed by atoms with E-state index in [4.69, 9.17) is 23.7 Å². The van der Waals surface area contributed by atoms with Crippen LogP contribution in [0.5, 0.6) is 0 Å². The maximum Gasteiger partial charge on any atom is 0.186 e. The highest BCUT2D eigenvalue weighted by molar-refractivity contribution is 5.33. The Morgan fingerprint density at radius 1 is 0.642 bits per heavy atom. The van der Waals surface area contributed by atoms with E-state index in [0.29, 0.717) is 19.3 Å². The van der Waals surface area contributed by atoms with Gasteiger partial charge in [0.1, 0.15) is 36.6 Å². The van der Waals surface area contributed by atoms with Crippen molar-refractivity contribution in [2.75, 3.05) is 13.2 Å². The van der Waals surface area contributed by atoms with E-state index in [1.54, 1.807) is 13.8 Å². The number of aliphatic hydroxyl groups excluding tert-OH is 7. The molecule has 8 N–H and O–H groups in total. The Morgan fingerprint density at radius 3 is 1.83 bits per heavy atom. The molecule has 2 spiro atoms. The summed E-state index contributed by atoms with van der Waals surface area (Å²) in [5.41, 5.74) is -2.85. The summed E-state index contributed by atoms with van der Waals surface area (Å²) in [6, 6.07) is 0. The van der Waals surface area contributed by atoms with Gasteiger partial charge in [-0.15, -0.1) is 0 Å². The van der Waals surface area contributed by atoms with Gasteiger partial charge in [-0.1, -0.05) is 27.7 Å². The van der Waals surface area contributed by atoms with Crippen molar-refractivity contribution in [3.63, 3.8) is 0 Å². The van der Waals surface area contributed by atoms with Gasteiger partial charge in [-0.3, -0.25) is 0 Å². The number of hydrogen-bond acceptors (Lipinski definition) is 13. The normalized spacial score (nSPS) is 59.0. The number of hydrogen-bond donors (Lipinski definition) is 8. The Hall–Kier alpha value is -0.520. The molecule has 3 heterocycles. The molecule has 8 fully saturated rings. The standard InChI is InChI=1S/C40H66O13/c1-34(2)24(52-33-29(47)27(45)21(43)17-50-33)9-11-40-18-39(40)13-12-36(5)30(38(7)10-8-25(53-38)35(3,4)48)19(41)15-37(36,6)23(39)14-22(31(34)40)51-32-28(46)26(44)20(42)16-49-32/h19-33,41-48H,8-18H2,1-7H3/t19-,20+,21+,22-,23-,24-,25-,26-,27-,28+,29+,30-,31-,32-,33-,36+,37-,38-,39-,40+/m0/s1. The minimum atomic E-state index is -1.45. The Kier molecular flexibility index (Phi) is 9.27. The van der Waals surface area contributed by atoms with Crippen LogP contribution < -0.4 is 0 Å². The maximum atomic E-state index is 12.2. The fourth-order valence-corrected chi connectivity index (χ4v) is 14.6. The second-order valence-electron chi connectivity index (χ2n) is 20.6. The fraction of sp³-hybridized carbons (Fsp3) is 1.00. The lowest BCUT2D eigenvalue weighted by molar-refractivity contribution is -0.326. The van der Waals surface area contributed by atoms with E-state index in [0.717, 1.165) is 38.5 Å². The van der Waals surface area contributed by atoms with Crippen LogP contribution in [0.1, 0.15) is 106 Å². The molecular weight excluding hydrogens is 688 g/mol. The van der Waals surface area contributed by atoms with E-state index in [1.807, 2.05) is 0 Å². The molecule has 13 heteroatoms. The van der Waals surface area contributed by atoms with Gasteiger partial charge >= 0.3 is 0 Å². The topological polar surface area (TPSA) is 208 Å². The molecule has 53 heavy (non-hydrogen) atoms. The Morgan fingerprint density at radius 2 is 1.25 bits per heavy atom. The summed E-state index contributed by atoms with van der Waals surface area (Å²) < 4.78 is 31.8. The van der Waals surface area contributed by atoms with Crippen molar-refractivity contribution in [3.05, 3.63) is 0 Å². The van der Waals surface area contributed by atoms with E-state index in [1.165, 1.54) is 0 Å². The fourth-order valence-electron chi connectivity index (χ4n) is 14.6. The number of ether oxygens (including phenoxy) is 5. The van der Waals surface area contributed by atoms with Crippen molar-refractivity contribution in [2.45, 2.75) is 191 Å². The average Bonchev–Trinajstić information content (AvgIpc) is 3.44. The van der Waals surface area contributed by atoms with E-state index in [9.17, 15) is 40.9 Å². The predicted octanol–water partition coefficient (Wildman–Crippen LogP) is 1.36. The quantitative estimate of drug-likeness (QED) is 0.181. The molecular formula is C40H66O13. The first-order valence-corrected chi connectivity index (χ1v) is 20.3. The molecule has 8 aliphatic rings. The van der Waals surface area contributed by atoms with Gasteiger partial charge in [0.05, 0.1) is 48.8 Å². The summed E-state index contributed by atoms with van der Waals surface area (Å²) in [7, 11) is 0. The highest BCUT2D eigenvalue weighted by Crippen LogP contribution is 2.89. The van der Waals surface area contributed by atoms with Gasteiger partial charge in [0.25, 0.3) is 0 Å². The van der Waals surface area contributed by atoms with Crippen LogP contribution >= 0.6 is 0 Å². The summed E-state index contributed by atoms with van der Waals surface area (Å²) in [6.45, 7) is 14.4. The van der Waals surface area contributed by atoms with Crippen molar-refractivity contribution < 1.29 is 64.5 Å². The largest absolute Gasteiger partial charge is 0.393 e. The van der Waals surface area contributed by atoms with Gasteiger partial charge in [-0.05, 0) is 117 Å². The monoisotopic (exact) mass is 754 g/mol. The van der Waals surface area contributed by atoms with Crippen molar-refractivity contribution in [1.82, 2.24) is 0 Å². The maximum absolute atomic E-state index is 12.2. The first-order chi connectivity index (χ1) is 24.6. The summed E-state index contributed by atoms with van der Waals surface area (Å²) in [6.07, 6.45) is -4.95. The highest BCUT2D eigenvalue weighted by Gasteiger charge is 2.85. The third kappa shape index (κ3) is 5.42. The zero-order chi connectivity index (χ0) is 38.5. The zero-order valence-corrected chi connectivity index (χ0v) is 32.6. The zero-order valence-electron chi connectivity index (χ0n) is 32.6. The Balaban J connectivity index is 1.14. The first kappa shape index (κ1) is 39.3. The molecule has 5 aliphatic carbocycles. The first-order valence-electron chi connectivity index (χ1n) is 20.3. The van der Waals surface area contributed by atoms with E-state index in [-0.39, 0.29) is 58.7 Å². The molecule has 5 saturated carbocycles. The van der Waals surface area contributed by atoms with Crippen molar-refractivity contribution in [1.29, 1.82) is 0 Å². The third-order valence-electron chi connectivity index (χ3n) is 17.2. The molecule has 0 amide bonds. The molecule has 0 bridgehead atoms. The second kappa shape index (κ2) is 12.5. The van der Waals surface area contributed by atoms with Crippen molar-refractivity contribution >= 4 is 0 Å². The SMILES string of the molecule is CC(C)(O)[C@@H]1CC[C@@](C)([C@H]2[C@@H](O)C[C@@]3(C)[C@@H]4C[C@H](O[C@@H]5OC[C@@H](O)[C@H](O)[C@H]5O)[C@H]5C(C)(C)[C@@H](O[C@@H]6OC[C@@H](O)[C@H](O)[C@H]6O)CC[C@@]56C[C@@]46CC[C@]23C)O1. The van der Waals surface area contributed by atoms with E-state index in [2.05, 4.69) is 34.6 Å². The number of rotatable bonds is 6.